The van der Waals surface area contributed by atoms with E-state index in [9.17, 15) is 4.79 Å². The molecule has 0 aliphatic heterocycles. The summed E-state index contributed by atoms with van der Waals surface area (Å²) < 4.78 is 2.07. The number of primary amides is 1. The molecule has 25 heavy (non-hydrogen) atoms. The lowest BCUT2D eigenvalue weighted by atomic mass is 10.1. The summed E-state index contributed by atoms with van der Waals surface area (Å²) in [5, 5.41) is 0. The van der Waals surface area contributed by atoms with Crippen molar-refractivity contribution in [1.29, 1.82) is 0 Å². The number of nitrogens with two attached hydrogens (primary N) is 1. The van der Waals surface area contributed by atoms with Crippen LogP contribution in [0.2, 0.25) is 0 Å². The quantitative estimate of drug-likeness (QED) is 0.625. The number of rotatable bonds is 4. The van der Waals surface area contributed by atoms with E-state index in [-0.39, 0.29) is 0 Å². The Balaban J connectivity index is 1.97. The van der Waals surface area contributed by atoms with Crippen LogP contribution >= 0.6 is 0 Å². The molecule has 5 heteroatoms. The number of fused-ring (bicyclic) bond motifs is 1. The van der Waals surface area contributed by atoms with Crippen molar-refractivity contribution in [3.8, 4) is 11.5 Å². The van der Waals surface area contributed by atoms with Gasteiger partial charge in [-0.25, -0.2) is 4.98 Å². The van der Waals surface area contributed by atoms with Crippen LogP contribution in [0.1, 0.15) is 15.9 Å². The molecule has 0 spiro atoms. The molecule has 5 nitrogen and oxygen atoms in total. The minimum absolute atomic E-state index is 0.418. The summed E-state index contributed by atoms with van der Waals surface area (Å²) in [6, 6.07) is 21.3. The molecule has 0 unspecified atom stereocenters. The zero-order chi connectivity index (χ0) is 17.2. The van der Waals surface area contributed by atoms with Crippen LogP contribution in [0.25, 0.3) is 22.6 Å². The van der Waals surface area contributed by atoms with Crippen LogP contribution in [-0.4, -0.2) is 20.4 Å². The van der Waals surface area contributed by atoms with E-state index in [4.69, 9.17) is 10.7 Å². The van der Waals surface area contributed by atoms with E-state index in [1.54, 1.807) is 12.3 Å². The first-order valence-electron chi connectivity index (χ1n) is 7.98. The molecule has 2 heterocycles. The Hall–Kier alpha value is -3.47. The number of imidazole rings is 1. The maximum absolute atomic E-state index is 11.8. The fourth-order valence-electron chi connectivity index (χ4n) is 2.96. The minimum Gasteiger partial charge on any atom is -0.366 e. The first kappa shape index (κ1) is 15.1. The maximum atomic E-state index is 11.8. The first-order chi connectivity index (χ1) is 12.2. The van der Waals surface area contributed by atoms with Gasteiger partial charge in [-0.3, -0.25) is 9.78 Å². The van der Waals surface area contributed by atoms with Crippen LogP contribution < -0.4 is 5.73 Å². The van der Waals surface area contributed by atoms with Crippen LogP contribution in [0.4, 0.5) is 0 Å². The largest absolute Gasteiger partial charge is 0.366 e. The van der Waals surface area contributed by atoms with Gasteiger partial charge in [-0.1, -0.05) is 42.5 Å². The van der Waals surface area contributed by atoms with E-state index in [0.717, 1.165) is 16.8 Å². The van der Waals surface area contributed by atoms with Crippen molar-refractivity contribution in [3.63, 3.8) is 0 Å². The molecule has 0 aliphatic carbocycles. The molecular weight excluding hydrogens is 312 g/mol. The topological polar surface area (TPSA) is 73.8 Å². The van der Waals surface area contributed by atoms with Crippen molar-refractivity contribution in [2.45, 2.75) is 6.54 Å². The maximum Gasteiger partial charge on any atom is 0.250 e. The van der Waals surface area contributed by atoms with E-state index in [2.05, 4.69) is 21.7 Å². The molecule has 0 saturated heterocycles. The standard InChI is InChI=1S/C20H16N4O/c21-19(25)15-9-6-11-17-18(15)23-20(16-10-4-5-12-22-16)24(17)13-14-7-2-1-3-8-14/h1-12H,13H2,(H2,21,25). The molecule has 0 fully saturated rings. The van der Waals surface area contributed by atoms with Crippen molar-refractivity contribution in [2.24, 2.45) is 5.73 Å². The second-order valence-electron chi connectivity index (χ2n) is 5.76. The monoisotopic (exact) mass is 328 g/mol. The molecule has 0 aliphatic rings. The normalized spacial score (nSPS) is 10.9. The van der Waals surface area contributed by atoms with E-state index in [1.807, 2.05) is 48.5 Å². The van der Waals surface area contributed by atoms with Gasteiger partial charge in [0.25, 0.3) is 5.91 Å². The van der Waals surface area contributed by atoms with E-state index >= 15 is 0 Å². The lowest BCUT2D eigenvalue weighted by Crippen LogP contribution is -2.11. The van der Waals surface area contributed by atoms with Gasteiger partial charge in [-0.15, -0.1) is 0 Å². The molecule has 0 radical (unpaired) electrons. The second-order valence-corrected chi connectivity index (χ2v) is 5.76. The van der Waals surface area contributed by atoms with Gasteiger partial charge in [0.1, 0.15) is 11.2 Å². The molecular formula is C20H16N4O. The Bertz CT molecular complexity index is 1040. The molecule has 4 rings (SSSR count). The average molecular weight is 328 g/mol. The highest BCUT2D eigenvalue weighted by Crippen LogP contribution is 2.26. The third kappa shape index (κ3) is 2.76. The van der Waals surface area contributed by atoms with Gasteiger partial charge >= 0.3 is 0 Å². The van der Waals surface area contributed by atoms with Crippen LogP contribution in [0.15, 0.2) is 72.9 Å². The SMILES string of the molecule is NC(=O)c1cccc2c1nc(-c1ccccn1)n2Cc1ccccc1. The summed E-state index contributed by atoms with van der Waals surface area (Å²) in [5.74, 6) is 0.232. The number of carbonyl (C=O) groups is 1. The predicted octanol–water partition coefficient (Wildman–Crippen LogP) is 3.25. The number of nitrogens with zero attached hydrogens (tertiary/aromatic N) is 3. The summed E-state index contributed by atoms with van der Waals surface area (Å²) in [5.41, 5.74) is 9.31. The number of hydrogen-bond acceptors (Lipinski definition) is 3. The molecule has 122 valence electrons. The summed E-state index contributed by atoms with van der Waals surface area (Å²) >= 11 is 0. The van der Waals surface area contributed by atoms with E-state index in [1.165, 1.54) is 0 Å². The molecule has 0 saturated carbocycles. The van der Waals surface area contributed by atoms with E-state index < -0.39 is 5.91 Å². The molecule has 1 amide bonds. The summed E-state index contributed by atoms with van der Waals surface area (Å²) in [6.07, 6.45) is 1.73. The summed E-state index contributed by atoms with van der Waals surface area (Å²) in [6.45, 7) is 0.630. The Kier molecular flexibility index (Phi) is 3.74. The fraction of sp³-hybridized carbons (Fsp3) is 0.0500. The van der Waals surface area contributed by atoms with Gasteiger partial charge in [0, 0.05) is 12.7 Å². The summed E-state index contributed by atoms with van der Waals surface area (Å²) in [7, 11) is 0. The zero-order valence-corrected chi connectivity index (χ0v) is 13.5. The van der Waals surface area contributed by atoms with Crippen LogP contribution in [0.3, 0.4) is 0 Å². The highest BCUT2D eigenvalue weighted by atomic mass is 16.1. The van der Waals surface area contributed by atoms with Gasteiger partial charge < -0.3 is 10.3 Å². The van der Waals surface area contributed by atoms with Crippen LogP contribution in [0.5, 0.6) is 0 Å². The Labute approximate surface area is 144 Å². The van der Waals surface area contributed by atoms with Crippen molar-refractivity contribution in [3.05, 3.63) is 84.1 Å². The molecule has 2 aromatic heterocycles. The fourth-order valence-corrected chi connectivity index (χ4v) is 2.96. The van der Waals surface area contributed by atoms with Gasteiger partial charge in [0.05, 0.1) is 11.1 Å². The molecule has 4 aromatic rings. The number of aromatic nitrogens is 3. The van der Waals surface area contributed by atoms with E-state index in [0.29, 0.717) is 23.4 Å². The van der Waals surface area contributed by atoms with Crippen molar-refractivity contribution in [2.75, 3.05) is 0 Å². The lowest BCUT2D eigenvalue weighted by molar-refractivity contribution is 0.100. The third-order valence-electron chi connectivity index (χ3n) is 4.12. The van der Waals surface area contributed by atoms with Crippen molar-refractivity contribution in [1.82, 2.24) is 14.5 Å². The second kappa shape index (κ2) is 6.20. The number of pyridine rings is 1. The Morgan fingerprint density at radius 2 is 1.76 bits per heavy atom. The van der Waals surface area contributed by atoms with Crippen molar-refractivity contribution >= 4 is 16.9 Å². The third-order valence-corrected chi connectivity index (χ3v) is 4.12. The molecule has 0 bridgehead atoms. The first-order valence-corrected chi connectivity index (χ1v) is 7.98. The smallest absolute Gasteiger partial charge is 0.250 e. The Morgan fingerprint density at radius 3 is 2.48 bits per heavy atom. The minimum atomic E-state index is -0.484. The highest BCUT2D eigenvalue weighted by molar-refractivity contribution is 6.04. The van der Waals surface area contributed by atoms with Crippen LogP contribution in [0, 0.1) is 0 Å². The van der Waals surface area contributed by atoms with Crippen LogP contribution in [-0.2, 0) is 6.54 Å². The molecule has 2 N–H and O–H groups in total. The predicted molar refractivity (Wildman–Crippen MR) is 97.0 cm³/mol. The number of amides is 1. The van der Waals surface area contributed by atoms with Gasteiger partial charge in [0.15, 0.2) is 5.82 Å². The highest BCUT2D eigenvalue weighted by Gasteiger charge is 2.17. The van der Waals surface area contributed by atoms with Gasteiger partial charge in [-0.2, -0.15) is 0 Å². The number of hydrogen-bond donors (Lipinski definition) is 1. The van der Waals surface area contributed by atoms with Gasteiger partial charge in [0.2, 0.25) is 0 Å². The number of carbonyl (C=O) groups excluding carboxylic acids is 1. The molecule has 0 atom stereocenters. The summed E-state index contributed by atoms with van der Waals surface area (Å²) in [4.78, 5) is 20.9. The zero-order valence-electron chi connectivity index (χ0n) is 13.5. The Morgan fingerprint density at radius 1 is 0.960 bits per heavy atom. The van der Waals surface area contributed by atoms with Crippen molar-refractivity contribution < 1.29 is 4.79 Å². The average Bonchev–Trinajstić information content (AvgIpc) is 3.02. The molecule has 2 aromatic carbocycles. The lowest BCUT2D eigenvalue weighted by Gasteiger charge is -2.09. The van der Waals surface area contributed by atoms with Gasteiger partial charge in [-0.05, 0) is 29.8 Å². The number of benzene rings is 2. The number of para-hydroxylation sites is 1.